The summed E-state index contributed by atoms with van der Waals surface area (Å²) in [4.78, 5) is 11.5. The van der Waals surface area contributed by atoms with Crippen molar-refractivity contribution in [2.45, 2.75) is 101 Å². The minimum Gasteiger partial charge on any atom is -0.394 e. The molecule has 196 valence electrons. The van der Waals surface area contributed by atoms with Crippen molar-refractivity contribution >= 4 is 6.29 Å². The number of aliphatic hydroxyl groups is 7. The molecule has 3 aliphatic rings. The van der Waals surface area contributed by atoms with E-state index in [-0.39, 0.29) is 0 Å². The van der Waals surface area contributed by atoms with E-state index in [2.05, 4.69) is 0 Å². The Morgan fingerprint density at radius 3 is 2.03 bits per heavy atom. The molecule has 3 rings (SSSR count). The molecule has 34 heavy (non-hydrogen) atoms. The molecule has 1 aliphatic carbocycles. The van der Waals surface area contributed by atoms with Crippen LogP contribution in [0.1, 0.15) is 33.6 Å². The van der Waals surface area contributed by atoms with Crippen molar-refractivity contribution in [1.29, 1.82) is 0 Å². The van der Waals surface area contributed by atoms with E-state index in [0.717, 1.165) is 11.9 Å². The predicted molar refractivity (Wildman–Crippen MR) is 113 cm³/mol. The first kappa shape index (κ1) is 27.6. The van der Waals surface area contributed by atoms with Crippen molar-refractivity contribution in [3.8, 4) is 0 Å². The highest BCUT2D eigenvalue weighted by Crippen LogP contribution is 2.41. The third-order valence-corrected chi connectivity index (χ3v) is 6.85. The molecular formula is C22H36O12. The van der Waals surface area contributed by atoms with Gasteiger partial charge in [-0.15, -0.1) is 0 Å². The minimum absolute atomic E-state index is 0.423. The second-order valence-electron chi connectivity index (χ2n) is 9.91. The summed E-state index contributed by atoms with van der Waals surface area (Å²) in [5.74, 6) is 0. The maximum absolute atomic E-state index is 11.5. The number of carbonyl (C=O) groups excluding carboxylic acids is 1. The van der Waals surface area contributed by atoms with Crippen molar-refractivity contribution in [2.24, 2.45) is 5.41 Å². The van der Waals surface area contributed by atoms with Gasteiger partial charge in [-0.05, 0) is 30.8 Å². The maximum Gasteiger partial charge on any atom is 0.186 e. The van der Waals surface area contributed by atoms with E-state index in [9.17, 15) is 40.5 Å². The van der Waals surface area contributed by atoms with Gasteiger partial charge in [-0.3, -0.25) is 4.79 Å². The molecule has 0 spiro atoms. The molecule has 12 nitrogen and oxygen atoms in total. The molecular weight excluding hydrogens is 456 g/mol. The summed E-state index contributed by atoms with van der Waals surface area (Å²) in [5, 5.41) is 70.3. The van der Waals surface area contributed by atoms with Gasteiger partial charge in [-0.1, -0.05) is 19.4 Å². The normalized spacial score (nSPS) is 45.3. The standard InChI is InChI=1S/C22H36O12/c1-9-4-10(5-22(2,3)11(9)6-23)32-21-19(30)17(28)15(26)13(34-21)8-31-20-18(29)16(27)14(25)12(7-24)33-20/h6,10,12-21,24-30H,4-5,7-8H2,1-3H3. The molecule has 12 heteroatoms. The zero-order valence-corrected chi connectivity index (χ0v) is 19.4. The molecule has 2 saturated heterocycles. The van der Waals surface area contributed by atoms with Crippen LogP contribution in [0.5, 0.6) is 0 Å². The smallest absolute Gasteiger partial charge is 0.186 e. The monoisotopic (exact) mass is 492 g/mol. The lowest BCUT2D eigenvalue weighted by atomic mass is 9.72. The van der Waals surface area contributed by atoms with Gasteiger partial charge in [0.2, 0.25) is 0 Å². The van der Waals surface area contributed by atoms with Gasteiger partial charge in [-0.2, -0.15) is 0 Å². The van der Waals surface area contributed by atoms with E-state index in [4.69, 9.17) is 18.9 Å². The fourth-order valence-corrected chi connectivity index (χ4v) is 4.89. The Labute approximate surface area is 197 Å². The average Bonchev–Trinajstić information content (AvgIpc) is 2.77. The highest BCUT2D eigenvalue weighted by molar-refractivity contribution is 5.77. The SMILES string of the molecule is CC1=C(C=O)C(C)(C)CC(OC2OC(COC3OC(CO)C(O)C(O)C3O)C(O)C(O)C2O)C1. The molecule has 11 atom stereocenters. The third kappa shape index (κ3) is 5.52. The zero-order chi connectivity index (χ0) is 25.4. The number of hydrogen-bond acceptors (Lipinski definition) is 12. The maximum atomic E-state index is 11.5. The van der Waals surface area contributed by atoms with Crippen LogP contribution >= 0.6 is 0 Å². The van der Waals surface area contributed by atoms with Gasteiger partial charge in [0, 0.05) is 0 Å². The molecule has 0 saturated carbocycles. The molecule has 0 radical (unpaired) electrons. The summed E-state index contributed by atoms with van der Waals surface area (Å²) < 4.78 is 22.3. The van der Waals surface area contributed by atoms with Gasteiger partial charge in [0.15, 0.2) is 12.6 Å². The van der Waals surface area contributed by atoms with Crippen molar-refractivity contribution in [3.05, 3.63) is 11.1 Å². The van der Waals surface area contributed by atoms with Crippen molar-refractivity contribution < 1.29 is 59.5 Å². The van der Waals surface area contributed by atoms with Crippen LogP contribution in [0.25, 0.3) is 0 Å². The highest BCUT2D eigenvalue weighted by atomic mass is 16.7. The number of carbonyl (C=O) groups is 1. The molecule has 0 aromatic carbocycles. The topological polar surface area (TPSA) is 196 Å². The molecule has 11 unspecified atom stereocenters. The second kappa shape index (κ2) is 10.9. The van der Waals surface area contributed by atoms with Crippen molar-refractivity contribution in [2.75, 3.05) is 13.2 Å². The van der Waals surface area contributed by atoms with Crippen molar-refractivity contribution in [3.63, 3.8) is 0 Å². The first-order chi connectivity index (χ1) is 15.9. The van der Waals surface area contributed by atoms with E-state index in [1.165, 1.54) is 0 Å². The Hall–Kier alpha value is -1.03. The fourth-order valence-electron chi connectivity index (χ4n) is 4.89. The summed E-state index contributed by atoms with van der Waals surface area (Å²) >= 11 is 0. The van der Waals surface area contributed by atoms with Gasteiger partial charge >= 0.3 is 0 Å². The lowest BCUT2D eigenvalue weighted by molar-refractivity contribution is -0.336. The summed E-state index contributed by atoms with van der Waals surface area (Å²) in [6, 6.07) is 0. The van der Waals surface area contributed by atoms with Crippen LogP contribution in [0.2, 0.25) is 0 Å². The van der Waals surface area contributed by atoms with Crippen LogP contribution in [0.15, 0.2) is 11.1 Å². The number of aliphatic hydroxyl groups excluding tert-OH is 7. The minimum atomic E-state index is -1.65. The van der Waals surface area contributed by atoms with Gasteiger partial charge in [0.1, 0.15) is 55.1 Å². The number of rotatable bonds is 7. The Kier molecular flexibility index (Phi) is 8.86. The lowest BCUT2D eigenvalue weighted by Gasteiger charge is -2.44. The van der Waals surface area contributed by atoms with E-state index in [1.807, 2.05) is 20.8 Å². The van der Waals surface area contributed by atoms with E-state index in [1.54, 1.807) is 0 Å². The molecule has 0 amide bonds. The van der Waals surface area contributed by atoms with Crippen LogP contribution < -0.4 is 0 Å². The third-order valence-electron chi connectivity index (χ3n) is 6.85. The molecule has 2 fully saturated rings. The Balaban J connectivity index is 1.65. The van der Waals surface area contributed by atoms with E-state index >= 15 is 0 Å². The van der Waals surface area contributed by atoms with E-state index < -0.39 is 86.1 Å². The van der Waals surface area contributed by atoms with Gasteiger partial charge in [0.25, 0.3) is 0 Å². The van der Waals surface area contributed by atoms with Crippen LogP contribution in [0, 0.1) is 5.41 Å². The molecule has 0 aromatic heterocycles. The van der Waals surface area contributed by atoms with Crippen LogP contribution in [0.4, 0.5) is 0 Å². The largest absolute Gasteiger partial charge is 0.394 e. The molecule has 0 bridgehead atoms. The molecule has 0 aromatic rings. The van der Waals surface area contributed by atoms with Crippen LogP contribution in [-0.4, -0.2) is 123 Å². The first-order valence-corrected chi connectivity index (χ1v) is 11.3. The number of aldehydes is 1. The predicted octanol–water partition coefficient (Wildman–Crippen LogP) is -2.67. The quantitative estimate of drug-likeness (QED) is 0.182. The van der Waals surface area contributed by atoms with Gasteiger partial charge in [-0.25, -0.2) is 0 Å². The number of hydrogen-bond donors (Lipinski definition) is 7. The number of ether oxygens (including phenoxy) is 4. The fraction of sp³-hybridized carbons (Fsp3) is 0.864. The van der Waals surface area contributed by atoms with Crippen molar-refractivity contribution in [1.82, 2.24) is 0 Å². The van der Waals surface area contributed by atoms with Crippen LogP contribution in [0.3, 0.4) is 0 Å². The van der Waals surface area contributed by atoms with Gasteiger partial charge in [0.05, 0.1) is 19.3 Å². The van der Waals surface area contributed by atoms with Crippen LogP contribution in [-0.2, 0) is 23.7 Å². The molecule has 2 aliphatic heterocycles. The summed E-state index contributed by atoms with van der Waals surface area (Å²) in [7, 11) is 0. The summed E-state index contributed by atoms with van der Waals surface area (Å²) in [6.45, 7) is 4.58. The van der Waals surface area contributed by atoms with E-state index in [0.29, 0.717) is 18.4 Å². The Bertz CT molecular complexity index is 739. The summed E-state index contributed by atoms with van der Waals surface area (Å²) in [6.07, 6.45) is -13.4. The lowest BCUT2D eigenvalue weighted by Crippen LogP contribution is -2.62. The molecule has 2 heterocycles. The average molecular weight is 493 g/mol. The highest BCUT2D eigenvalue weighted by Gasteiger charge is 2.48. The second-order valence-corrected chi connectivity index (χ2v) is 9.91. The van der Waals surface area contributed by atoms with Gasteiger partial charge < -0.3 is 54.7 Å². The Morgan fingerprint density at radius 2 is 1.47 bits per heavy atom. The number of allylic oxidation sites excluding steroid dienone is 1. The Morgan fingerprint density at radius 1 is 0.912 bits per heavy atom. The molecule has 7 N–H and O–H groups in total. The first-order valence-electron chi connectivity index (χ1n) is 11.3. The zero-order valence-electron chi connectivity index (χ0n) is 19.4. The summed E-state index contributed by atoms with van der Waals surface area (Å²) in [5.41, 5.74) is 1.08.